The van der Waals surface area contributed by atoms with Crippen molar-refractivity contribution in [2.24, 2.45) is 0 Å². The summed E-state index contributed by atoms with van der Waals surface area (Å²) in [7, 11) is 0. The van der Waals surface area contributed by atoms with E-state index in [2.05, 4.69) is 98.5 Å². The number of fused-ring (bicyclic) bond motifs is 2. The molecule has 3 aromatic carbocycles. The van der Waals surface area contributed by atoms with Crippen LogP contribution in [0, 0.1) is 0 Å². The number of aryl methyl sites for hydroxylation is 3. The summed E-state index contributed by atoms with van der Waals surface area (Å²) < 4.78 is 0. The van der Waals surface area contributed by atoms with Crippen LogP contribution in [-0.4, -0.2) is 46.7 Å². The van der Waals surface area contributed by atoms with Crippen molar-refractivity contribution in [3.63, 3.8) is 0 Å². The normalized spacial score (nSPS) is 15.1. The summed E-state index contributed by atoms with van der Waals surface area (Å²) in [5.41, 5.74) is 12.4. The molecule has 1 aliphatic carbocycles. The molecule has 3 aromatic rings. The van der Waals surface area contributed by atoms with Crippen LogP contribution in [0.1, 0.15) is 92.7 Å². The Labute approximate surface area is 269 Å². The van der Waals surface area contributed by atoms with Crippen LogP contribution in [0.4, 0.5) is 0 Å². The Morgan fingerprint density at radius 2 is 1.20 bits per heavy atom. The minimum absolute atomic E-state index is 0.245. The van der Waals surface area contributed by atoms with Gasteiger partial charge in [0.15, 0.2) is 0 Å². The van der Waals surface area contributed by atoms with Crippen molar-refractivity contribution in [2.45, 2.75) is 84.0 Å². The van der Waals surface area contributed by atoms with Gasteiger partial charge in [0, 0.05) is 25.2 Å². The molecule has 1 saturated heterocycles. The van der Waals surface area contributed by atoms with Gasteiger partial charge in [-0.25, -0.2) is 9.59 Å². The van der Waals surface area contributed by atoms with Gasteiger partial charge < -0.3 is 15.1 Å². The highest BCUT2D eigenvalue weighted by Crippen LogP contribution is 2.38. The molecule has 0 unspecified atom stereocenters. The Morgan fingerprint density at radius 3 is 1.71 bits per heavy atom. The highest BCUT2D eigenvalue weighted by molar-refractivity contribution is 5.89. The third kappa shape index (κ3) is 10.3. The van der Waals surface area contributed by atoms with Crippen LogP contribution >= 0.6 is 0 Å². The number of hydrogen-bond donors (Lipinski definition) is 2. The molecule has 0 atom stereocenters. The number of aliphatic carboxylic acids is 2. The summed E-state index contributed by atoms with van der Waals surface area (Å²) >= 11 is 0. The molecule has 0 radical (unpaired) electrons. The number of piperidine rings is 1. The first-order valence-electron chi connectivity index (χ1n) is 16.5. The Hall–Kier alpha value is -3.96. The lowest BCUT2D eigenvalue weighted by molar-refractivity contribution is -0.134. The van der Waals surface area contributed by atoms with Gasteiger partial charge in [-0.3, -0.25) is 0 Å². The van der Waals surface area contributed by atoms with Gasteiger partial charge in [-0.15, -0.1) is 0 Å². The molecular formula is C40H49NO4. The summed E-state index contributed by atoms with van der Waals surface area (Å²) in [5, 5.41) is 15.6. The lowest BCUT2D eigenvalue weighted by atomic mass is 9.86. The second-order valence-electron chi connectivity index (χ2n) is 13.3. The number of carbonyl (C=O) groups is 2. The third-order valence-electron chi connectivity index (χ3n) is 8.93. The fourth-order valence-corrected chi connectivity index (χ4v) is 6.39. The Morgan fingerprint density at radius 1 is 0.689 bits per heavy atom. The largest absolute Gasteiger partial charge is 0.478 e. The molecule has 238 valence electrons. The monoisotopic (exact) mass is 607 g/mol. The zero-order chi connectivity index (χ0) is 32.2. The Balaban J connectivity index is 0.000000510. The number of benzene rings is 3. The first-order valence-corrected chi connectivity index (χ1v) is 16.5. The molecular weight excluding hydrogens is 558 g/mol. The van der Waals surface area contributed by atoms with E-state index in [1.165, 1.54) is 98.0 Å². The van der Waals surface area contributed by atoms with Crippen molar-refractivity contribution in [3.8, 4) is 0 Å². The van der Waals surface area contributed by atoms with Gasteiger partial charge in [-0.1, -0.05) is 112 Å². The molecule has 5 nitrogen and oxygen atoms in total. The highest BCUT2D eigenvalue weighted by Gasteiger charge is 2.23. The number of rotatable bonds is 9. The van der Waals surface area contributed by atoms with Crippen molar-refractivity contribution in [1.29, 1.82) is 0 Å². The Bertz CT molecular complexity index is 1420. The predicted octanol–water partition coefficient (Wildman–Crippen LogP) is 8.50. The van der Waals surface area contributed by atoms with Crippen molar-refractivity contribution >= 4 is 17.5 Å². The average Bonchev–Trinajstić information content (AvgIpc) is 3.19. The molecule has 0 spiro atoms. The van der Waals surface area contributed by atoms with Crippen LogP contribution in [0.3, 0.4) is 0 Å². The number of unbranched alkanes of at least 4 members (excludes halogenated alkanes) is 3. The van der Waals surface area contributed by atoms with E-state index in [-0.39, 0.29) is 5.41 Å². The van der Waals surface area contributed by atoms with Gasteiger partial charge in [-0.2, -0.15) is 0 Å². The molecule has 45 heavy (non-hydrogen) atoms. The summed E-state index contributed by atoms with van der Waals surface area (Å²) in [6, 6.07) is 27.6. The number of likely N-dealkylation sites (tertiary alicyclic amines) is 1. The van der Waals surface area contributed by atoms with Crippen molar-refractivity contribution in [1.82, 2.24) is 4.90 Å². The fourth-order valence-electron chi connectivity index (χ4n) is 6.39. The van der Waals surface area contributed by atoms with Crippen LogP contribution in [0.25, 0.3) is 5.57 Å². The van der Waals surface area contributed by atoms with Gasteiger partial charge in [0.05, 0.1) is 0 Å². The molecule has 2 aliphatic rings. The van der Waals surface area contributed by atoms with Gasteiger partial charge in [0.1, 0.15) is 0 Å². The van der Waals surface area contributed by atoms with E-state index < -0.39 is 11.9 Å². The lowest BCUT2D eigenvalue weighted by Gasteiger charge is -2.30. The first kappa shape index (κ1) is 33.9. The van der Waals surface area contributed by atoms with Gasteiger partial charge in [-0.05, 0) is 95.9 Å². The zero-order valence-corrected chi connectivity index (χ0v) is 27.2. The zero-order valence-electron chi connectivity index (χ0n) is 27.2. The maximum absolute atomic E-state index is 9.55. The molecule has 0 aromatic heterocycles. The standard InChI is InChI=1S/C36H45N.C4H4O4/c1-36(2,3)32-21-17-28(18-22-32)12-6-4-5-11-25-37-26-23-31(24-27-37)35-33-15-9-7-13-29(33)19-20-30-14-8-10-16-34(30)35;5-3(6)1-2-4(7)8/h7-10,13-18,21-22H,4-6,11-12,19-20,23-27H2,1-3H3;1-2H,(H,5,6)(H,7,8)/b;2-1-. The third-order valence-corrected chi connectivity index (χ3v) is 8.93. The molecule has 0 saturated carbocycles. The summed E-state index contributed by atoms with van der Waals surface area (Å²) in [5.74, 6) is -2.51. The maximum Gasteiger partial charge on any atom is 0.328 e. The fraction of sp³-hybridized carbons (Fsp3) is 0.400. The van der Waals surface area contributed by atoms with Crippen LogP contribution in [-0.2, 0) is 34.3 Å². The number of carboxylic acid groups (broad SMARTS) is 2. The van der Waals surface area contributed by atoms with Gasteiger partial charge >= 0.3 is 11.9 Å². The quantitative estimate of drug-likeness (QED) is 0.188. The molecule has 5 heteroatoms. The second kappa shape index (κ2) is 16.4. The number of carboxylic acids is 2. The number of nitrogens with zero attached hydrogens (tertiary/aromatic N) is 1. The van der Waals surface area contributed by atoms with Crippen LogP contribution in [0.5, 0.6) is 0 Å². The number of hydrogen-bond acceptors (Lipinski definition) is 3. The van der Waals surface area contributed by atoms with Crippen molar-refractivity contribution in [3.05, 3.63) is 124 Å². The molecule has 0 bridgehead atoms. The molecule has 1 fully saturated rings. The maximum atomic E-state index is 9.55. The SMILES string of the molecule is CC(C)(C)c1ccc(CCCCCCN2CCC(=C3c4ccccc4CCc4ccccc43)CC2)cc1.O=C(O)/C=C\C(=O)O. The minimum Gasteiger partial charge on any atom is -0.478 e. The smallest absolute Gasteiger partial charge is 0.328 e. The van der Waals surface area contributed by atoms with Gasteiger partial charge in [0.25, 0.3) is 0 Å². The molecule has 1 aliphatic heterocycles. The van der Waals surface area contributed by atoms with E-state index in [1.807, 2.05) is 0 Å². The average molecular weight is 608 g/mol. The van der Waals surface area contributed by atoms with E-state index >= 15 is 0 Å². The molecule has 1 heterocycles. The molecule has 5 rings (SSSR count). The first-order chi connectivity index (χ1) is 21.6. The molecule has 0 amide bonds. The minimum atomic E-state index is -1.26. The topological polar surface area (TPSA) is 77.8 Å². The lowest BCUT2D eigenvalue weighted by Crippen LogP contribution is -2.32. The highest BCUT2D eigenvalue weighted by atomic mass is 16.4. The van der Waals surface area contributed by atoms with Crippen molar-refractivity contribution in [2.75, 3.05) is 19.6 Å². The summed E-state index contributed by atoms with van der Waals surface area (Å²) in [6.07, 6.45) is 12.4. The van der Waals surface area contributed by atoms with E-state index in [0.29, 0.717) is 12.2 Å². The van der Waals surface area contributed by atoms with Crippen LogP contribution in [0.2, 0.25) is 0 Å². The second-order valence-corrected chi connectivity index (χ2v) is 13.3. The van der Waals surface area contributed by atoms with E-state index in [9.17, 15) is 9.59 Å². The Kier molecular flexibility index (Phi) is 12.3. The van der Waals surface area contributed by atoms with Gasteiger partial charge in [0.2, 0.25) is 0 Å². The van der Waals surface area contributed by atoms with Crippen molar-refractivity contribution < 1.29 is 19.8 Å². The van der Waals surface area contributed by atoms with E-state index in [1.54, 1.807) is 11.1 Å². The van der Waals surface area contributed by atoms with Crippen LogP contribution in [0.15, 0.2) is 90.5 Å². The van der Waals surface area contributed by atoms with Crippen LogP contribution < -0.4 is 0 Å². The van der Waals surface area contributed by atoms with E-state index in [4.69, 9.17) is 10.2 Å². The summed E-state index contributed by atoms with van der Waals surface area (Å²) in [4.78, 5) is 21.8. The summed E-state index contributed by atoms with van der Waals surface area (Å²) in [6.45, 7) is 10.6. The van der Waals surface area contributed by atoms with E-state index in [0.717, 1.165) is 12.8 Å². The molecule has 2 N–H and O–H groups in total. The predicted molar refractivity (Wildman–Crippen MR) is 184 cm³/mol.